The van der Waals surface area contributed by atoms with Crippen LogP contribution in [0.25, 0.3) is 0 Å². The number of nitrogens with zero attached hydrogens (tertiary/aromatic N) is 1. The molecule has 1 heteroatoms. The quantitative estimate of drug-likeness (QED) is 0.588. The zero-order valence-corrected chi connectivity index (χ0v) is 14.7. The first kappa shape index (κ1) is 18.4. The molecule has 1 aliphatic heterocycles. The van der Waals surface area contributed by atoms with Crippen LogP contribution in [0, 0.1) is 5.92 Å². The second-order valence-corrected chi connectivity index (χ2v) is 6.10. The summed E-state index contributed by atoms with van der Waals surface area (Å²) >= 11 is 0. The molecule has 1 heterocycles. The molecule has 22 heavy (non-hydrogen) atoms. The van der Waals surface area contributed by atoms with E-state index in [4.69, 9.17) is 0 Å². The first-order valence-corrected chi connectivity index (χ1v) is 8.22. The fourth-order valence-corrected chi connectivity index (χ4v) is 2.90. The van der Waals surface area contributed by atoms with Crippen molar-refractivity contribution in [2.24, 2.45) is 5.92 Å². The average molecular weight is 297 g/mol. The van der Waals surface area contributed by atoms with E-state index >= 15 is 0 Å². The highest BCUT2D eigenvalue weighted by atomic mass is 15.1. The second-order valence-electron chi connectivity index (χ2n) is 6.10. The van der Waals surface area contributed by atoms with Gasteiger partial charge in [-0.05, 0) is 39.3 Å². The van der Waals surface area contributed by atoms with Gasteiger partial charge in [0.05, 0.1) is 0 Å². The fraction of sp³-hybridized carbons (Fsp3) is 0.429. The van der Waals surface area contributed by atoms with E-state index in [1.165, 1.54) is 16.7 Å². The van der Waals surface area contributed by atoms with E-state index in [0.717, 1.165) is 31.5 Å². The largest absolute Gasteiger partial charge is 0.305 e. The molecule has 0 radical (unpaired) electrons. The summed E-state index contributed by atoms with van der Waals surface area (Å²) in [7, 11) is 2.21. The Morgan fingerprint density at radius 3 is 2.68 bits per heavy atom. The molecule has 1 unspecified atom stereocenters. The van der Waals surface area contributed by atoms with Crippen LogP contribution in [0.1, 0.15) is 33.6 Å². The smallest absolute Gasteiger partial charge is 0.0141 e. The summed E-state index contributed by atoms with van der Waals surface area (Å²) in [6.07, 6.45) is 15.1. The SMILES string of the molecule is C=CC(=C/C(=C)C)/C=C1\CCN(C)CC1/C(=C/C=C\C)CC. The number of hydrogen-bond donors (Lipinski definition) is 0. The van der Waals surface area contributed by atoms with Gasteiger partial charge in [-0.3, -0.25) is 0 Å². The molecule has 1 atom stereocenters. The molecule has 1 rings (SSSR count). The Bertz CT molecular complexity index is 514. The molecule has 0 aliphatic carbocycles. The molecule has 0 N–H and O–H groups in total. The Labute approximate surface area is 137 Å². The van der Waals surface area contributed by atoms with Gasteiger partial charge in [0.1, 0.15) is 0 Å². The minimum atomic E-state index is 0.508. The maximum absolute atomic E-state index is 3.98. The minimum absolute atomic E-state index is 0.508. The van der Waals surface area contributed by atoms with Gasteiger partial charge in [0, 0.05) is 19.0 Å². The number of hydrogen-bond acceptors (Lipinski definition) is 1. The highest BCUT2D eigenvalue weighted by Crippen LogP contribution is 2.31. The van der Waals surface area contributed by atoms with Crippen LogP contribution in [0.3, 0.4) is 0 Å². The summed E-state index contributed by atoms with van der Waals surface area (Å²) in [5.41, 5.74) is 5.26. The lowest BCUT2D eigenvalue weighted by atomic mass is 9.83. The van der Waals surface area contributed by atoms with E-state index in [1.54, 1.807) is 0 Å². The molecule has 0 bridgehead atoms. The third kappa shape index (κ3) is 5.65. The van der Waals surface area contributed by atoms with Gasteiger partial charge >= 0.3 is 0 Å². The van der Waals surface area contributed by atoms with Crippen LogP contribution in [-0.4, -0.2) is 25.0 Å². The van der Waals surface area contributed by atoms with Gasteiger partial charge in [-0.2, -0.15) is 0 Å². The normalized spacial score (nSPS) is 23.3. The van der Waals surface area contributed by atoms with Crippen LogP contribution < -0.4 is 0 Å². The molecule has 1 fully saturated rings. The number of rotatable bonds is 6. The second kappa shape index (κ2) is 9.42. The molecule has 0 amide bonds. The van der Waals surface area contributed by atoms with Gasteiger partial charge in [-0.25, -0.2) is 0 Å². The highest BCUT2D eigenvalue weighted by molar-refractivity contribution is 5.40. The van der Waals surface area contributed by atoms with Crippen molar-refractivity contribution in [3.8, 4) is 0 Å². The van der Waals surface area contributed by atoms with Gasteiger partial charge < -0.3 is 4.90 Å². The van der Waals surface area contributed by atoms with Gasteiger partial charge in [0.15, 0.2) is 0 Å². The van der Waals surface area contributed by atoms with E-state index in [9.17, 15) is 0 Å². The van der Waals surface area contributed by atoms with Crippen LogP contribution in [0.5, 0.6) is 0 Å². The van der Waals surface area contributed by atoms with Crippen molar-refractivity contribution >= 4 is 0 Å². The Hall–Kier alpha value is -1.60. The Kier molecular flexibility index (Phi) is 7.90. The van der Waals surface area contributed by atoms with Gasteiger partial charge in [0.25, 0.3) is 0 Å². The minimum Gasteiger partial charge on any atom is -0.305 e. The van der Waals surface area contributed by atoms with Crippen LogP contribution in [0.15, 0.2) is 71.9 Å². The summed E-state index contributed by atoms with van der Waals surface area (Å²) in [4.78, 5) is 2.43. The number of allylic oxidation sites excluding steroid dienone is 8. The van der Waals surface area contributed by atoms with Crippen LogP contribution in [0.4, 0.5) is 0 Å². The topological polar surface area (TPSA) is 3.24 Å². The summed E-state index contributed by atoms with van der Waals surface area (Å²) < 4.78 is 0. The molecular formula is C21H31N. The zero-order chi connectivity index (χ0) is 16.5. The van der Waals surface area contributed by atoms with Crippen LogP contribution in [-0.2, 0) is 0 Å². The van der Waals surface area contributed by atoms with Gasteiger partial charge in [0.2, 0.25) is 0 Å². The first-order chi connectivity index (χ1) is 10.5. The molecular weight excluding hydrogens is 266 g/mol. The van der Waals surface area contributed by atoms with Crippen molar-refractivity contribution in [3.63, 3.8) is 0 Å². The van der Waals surface area contributed by atoms with Crippen molar-refractivity contribution in [1.29, 1.82) is 0 Å². The van der Waals surface area contributed by atoms with Crippen molar-refractivity contribution in [2.75, 3.05) is 20.1 Å². The van der Waals surface area contributed by atoms with E-state index in [-0.39, 0.29) is 0 Å². The monoisotopic (exact) mass is 297 g/mol. The lowest BCUT2D eigenvalue weighted by Gasteiger charge is -2.34. The molecule has 0 saturated carbocycles. The lowest BCUT2D eigenvalue weighted by Crippen LogP contribution is -2.34. The van der Waals surface area contributed by atoms with Crippen LogP contribution in [0.2, 0.25) is 0 Å². The summed E-state index contributed by atoms with van der Waals surface area (Å²) in [6, 6.07) is 0. The average Bonchev–Trinajstić information content (AvgIpc) is 2.49. The molecule has 0 aromatic carbocycles. The number of piperidine rings is 1. The first-order valence-electron chi connectivity index (χ1n) is 8.22. The number of likely N-dealkylation sites (tertiary alicyclic amines) is 1. The van der Waals surface area contributed by atoms with E-state index < -0.39 is 0 Å². The molecule has 0 aromatic heterocycles. The fourth-order valence-electron chi connectivity index (χ4n) is 2.90. The standard InChI is InChI=1S/C21H31N/c1-7-10-11-19(9-3)21-16-22(6)13-12-20(21)15-18(8-2)14-17(4)5/h7-8,10-11,14-15,21H,2,4,9,12-13,16H2,1,3,5-6H3/b10-7-,18-14-,19-11+,20-15+. The Morgan fingerprint density at radius 1 is 1.41 bits per heavy atom. The maximum atomic E-state index is 3.98. The van der Waals surface area contributed by atoms with Crippen molar-refractivity contribution in [1.82, 2.24) is 4.90 Å². The zero-order valence-electron chi connectivity index (χ0n) is 14.7. The van der Waals surface area contributed by atoms with Crippen molar-refractivity contribution < 1.29 is 0 Å². The maximum Gasteiger partial charge on any atom is 0.0141 e. The summed E-state index contributed by atoms with van der Waals surface area (Å²) in [6.45, 7) is 16.5. The predicted octanol–water partition coefficient (Wildman–Crippen LogP) is 5.47. The third-order valence-electron chi connectivity index (χ3n) is 4.08. The summed E-state index contributed by atoms with van der Waals surface area (Å²) in [5, 5.41) is 0. The van der Waals surface area contributed by atoms with Gasteiger partial charge in [-0.15, -0.1) is 0 Å². The molecule has 120 valence electrons. The van der Waals surface area contributed by atoms with Crippen molar-refractivity contribution in [3.05, 3.63) is 71.9 Å². The van der Waals surface area contributed by atoms with E-state index in [2.05, 4.69) is 69.3 Å². The third-order valence-corrected chi connectivity index (χ3v) is 4.08. The van der Waals surface area contributed by atoms with Crippen molar-refractivity contribution in [2.45, 2.75) is 33.6 Å². The Balaban J connectivity index is 3.18. The summed E-state index contributed by atoms with van der Waals surface area (Å²) in [5.74, 6) is 0.508. The van der Waals surface area contributed by atoms with E-state index in [1.807, 2.05) is 13.0 Å². The molecule has 0 spiro atoms. The predicted molar refractivity (Wildman–Crippen MR) is 100.0 cm³/mol. The molecule has 1 nitrogen and oxygen atoms in total. The lowest BCUT2D eigenvalue weighted by molar-refractivity contribution is 0.273. The highest BCUT2D eigenvalue weighted by Gasteiger charge is 2.24. The van der Waals surface area contributed by atoms with Gasteiger partial charge in [-0.1, -0.05) is 73.3 Å². The van der Waals surface area contributed by atoms with E-state index in [0.29, 0.717) is 5.92 Å². The Morgan fingerprint density at radius 2 is 2.14 bits per heavy atom. The van der Waals surface area contributed by atoms with Crippen LogP contribution >= 0.6 is 0 Å². The molecule has 1 saturated heterocycles. The molecule has 0 aromatic rings. The molecule has 1 aliphatic rings.